The fourth-order valence-corrected chi connectivity index (χ4v) is 14.2. The summed E-state index contributed by atoms with van der Waals surface area (Å²) in [5, 5.41) is 0. The van der Waals surface area contributed by atoms with Gasteiger partial charge in [0.15, 0.2) is 0 Å². The summed E-state index contributed by atoms with van der Waals surface area (Å²) in [5.74, 6) is -1.91. The van der Waals surface area contributed by atoms with E-state index in [1.54, 1.807) is 83.1 Å². The minimum absolute atomic E-state index is 0.0690. The largest absolute Gasteiger partial charge is 0.447 e. The first-order valence-corrected chi connectivity index (χ1v) is 35.4. The molecule has 7 rings (SSSR count). The van der Waals surface area contributed by atoms with Gasteiger partial charge < -0.3 is 56.2 Å². The molecule has 0 aromatic heterocycles. The zero-order chi connectivity index (χ0) is 66.4. The lowest BCUT2D eigenvalue weighted by molar-refractivity contribution is -0.136. The molecule has 0 spiro atoms. The Labute approximate surface area is 573 Å². The summed E-state index contributed by atoms with van der Waals surface area (Å²) in [5.41, 5.74) is 0. The summed E-state index contributed by atoms with van der Waals surface area (Å²) < 4.78 is 64.0. The van der Waals surface area contributed by atoms with E-state index in [-0.39, 0.29) is 69.0 Å². The molecule has 1 aliphatic heterocycles. The highest BCUT2D eigenvalue weighted by Gasteiger charge is 2.58. The first kappa shape index (κ1) is 72.3. The highest BCUT2D eigenvalue weighted by molar-refractivity contribution is 9.11. The van der Waals surface area contributed by atoms with E-state index in [1.165, 1.54) is 155 Å². The maximum absolute atomic E-state index is 13.1. The van der Waals surface area contributed by atoms with Crippen LogP contribution in [0.25, 0.3) is 0 Å². The molecule has 6 aromatic carbocycles. The second kappa shape index (κ2) is 29.4. The molecule has 0 bridgehead atoms. The number of esters is 6. The Balaban J connectivity index is 1.50. The van der Waals surface area contributed by atoms with E-state index < -0.39 is 86.3 Å². The second-order valence-corrected chi connectivity index (χ2v) is 39.6. The predicted molar refractivity (Wildman–Crippen MR) is 361 cm³/mol. The van der Waals surface area contributed by atoms with E-state index in [1.807, 2.05) is 0 Å². The van der Waals surface area contributed by atoms with Crippen LogP contribution < -0.4 is 56.2 Å². The van der Waals surface area contributed by atoms with Crippen LogP contribution in [-0.4, -0.2) is 71.0 Å². The Hall–Kier alpha value is -5.17. The Morgan fingerprint density at radius 3 is 0.789 bits per heavy atom. The summed E-state index contributed by atoms with van der Waals surface area (Å²) in [6.45, 7) is 19.6. The first-order chi connectivity index (χ1) is 41.7. The van der Waals surface area contributed by atoms with Crippen LogP contribution in [0.5, 0.6) is 69.0 Å². The zero-order valence-electron chi connectivity index (χ0n) is 50.2. The number of hydrogen-bond acceptors (Lipinski definition) is 21. The van der Waals surface area contributed by atoms with Crippen LogP contribution in [-0.2, 0) is 28.8 Å². The molecule has 1 heterocycles. The van der Waals surface area contributed by atoms with Gasteiger partial charge in [0.05, 0.1) is 0 Å². The lowest BCUT2D eigenvalue weighted by Gasteiger charge is -2.43. The van der Waals surface area contributed by atoms with Gasteiger partial charge in [-0.15, -0.1) is 4.52 Å². The van der Waals surface area contributed by atoms with E-state index in [0.717, 1.165) is 0 Å². The average Bonchev–Trinajstić information content (AvgIpc) is 0.749. The summed E-state index contributed by atoms with van der Waals surface area (Å²) >= 11 is 20.1. The Morgan fingerprint density at radius 1 is 0.322 bits per heavy atom. The van der Waals surface area contributed by atoms with E-state index in [0.29, 0.717) is 0 Å². The van der Waals surface area contributed by atoms with Crippen molar-refractivity contribution in [1.29, 1.82) is 0 Å². The average molecular weight is 1680 g/mol. The molecule has 0 amide bonds. The molecule has 1 aliphatic rings. The predicted octanol–water partition coefficient (Wildman–Crippen LogP) is 17.8. The van der Waals surface area contributed by atoms with Crippen LogP contribution in [0, 0.1) is 0 Å². The van der Waals surface area contributed by atoms with E-state index in [4.69, 9.17) is 60.7 Å². The molecule has 0 fully saturated rings. The van der Waals surface area contributed by atoms with Gasteiger partial charge >= 0.3 is 60.4 Å². The molecule has 0 saturated carbocycles. The van der Waals surface area contributed by atoms with Gasteiger partial charge in [-0.3, -0.25) is 28.8 Å². The number of alkyl halides is 6. The van der Waals surface area contributed by atoms with Gasteiger partial charge in [-0.1, -0.05) is 95.6 Å². The lowest BCUT2D eigenvalue weighted by Crippen LogP contribution is -2.37. The third-order valence-corrected chi connectivity index (χ3v) is 20.0. The maximum atomic E-state index is 13.1. The quantitative estimate of drug-likeness (QED) is 0.0237. The Morgan fingerprint density at radius 2 is 0.533 bits per heavy atom. The van der Waals surface area contributed by atoms with Crippen molar-refractivity contribution in [3.05, 3.63) is 146 Å². The number of nitrogens with zero attached hydrogens (tertiary/aromatic N) is 3. The minimum atomic E-state index is -4.58. The van der Waals surface area contributed by atoms with Gasteiger partial charge in [0.2, 0.25) is 0 Å². The van der Waals surface area contributed by atoms with Crippen molar-refractivity contribution >= 4 is 156 Å². The van der Waals surface area contributed by atoms with Gasteiger partial charge in [0.1, 0.15) is 94.9 Å². The number of halogens is 6. The number of rotatable bonds is 24. The molecule has 0 N–H and O–H groups in total. The normalized spacial score (nSPS) is 15.6. The van der Waals surface area contributed by atoms with Crippen molar-refractivity contribution in [3.63, 3.8) is 0 Å². The van der Waals surface area contributed by atoms with Crippen LogP contribution in [0.2, 0.25) is 0 Å². The van der Waals surface area contributed by atoms with Crippen LogP contribution in [0.1, 0.15) is 83.1 Å². The number of carbonyl (C=O) groups is 6. The molecule has 90 heavy (non-hydrogen) atoms. The molecule has 2 atom stereocenters. The Bertz CT molecular complexity index is 3530. The van der Waals surface area contributed by atoms with Crippen molar-refractivity contribution in [1.82, 2.24) is 9.21 Å². The fraction of sp³-hybridized carbons (Fsp3) is 0.300. The highest BCUT2D eigenvalue weighted by atomic mass is 79.9. The first-order valence-electron chi connectivity index (χ1n) is 26.8. The maximum Gasteiger partial charge on any atom is 0.447 e. The third kappa shape index (κ3) is 20.7. The molecule has 480 valence electrons. The highest BCUT2D eigenvalue weighted by Crippen LogP contribution is 2.78. The second-order valence-electron chi connectivity index (χ2n) is 22.1. The van der Waals surface area contributed by atoms with Gasteiger partial charge in [-0.25, -0.2) is 0 Å². The molecule has 30 heteroatoms. The molecular weight excluding hydrogens is 1620 g/mol. The lowest BCUT2D eigenvalue weighted by atomic mass is 10.2. The standard InChI is InChI=1S/C60H60Br6N3O18P3/c1-55(2,61)49(70)76-37-13-25-43(26-14-37)82-68-88(84-45-29-17-39(18-30-45)78-51(72)57(5,6)63)67-90(86-47-33-21-41(22-34-47)80-53(74)59(9,10)65,87-48-35-23-42(24-36-48)81-54(75)60(11,12)66)69(83-44-27-15-38(16-28-44)77-50(71)56(3,4)62)89(68)85-46-31-19-40(20-32-46)79-52(73)58(7,8)64/h13-36H,1-12H3. The molecule has 21 nitrogen and oxygen atoms in total. The topological polar surface area (TPSA) is 232 Å². The fourth-order valence-electron chi connectivity index (χ4n) is 6.23. The SMILES string of the molecule is CC(C)(Br)C(=O)Oc1ccc(ON2P(Oc3ccc(OC(=O)C(C)(C)Br)cc3)N=P(Oc3ccc(OC(=O)C(C)(C)Br)cc3)(Oc3ccc(OC(=O)C(C)(C)Br)cc3)N(Oc3ccc(OC(=O)C(C)(C)Br)cc3)P2Oc2ccc(OC(=O)C(C)(C)Br)cc2)cc1. The summed E-state index contributed by atoms with van der Waals surface area (Å²) in [4.78, 5) is 92.1. The number of ether oxygens (including phenoxy) is 6. The monoisotopic (exact) mass is 1680 g/mol. The summed E-state index contributed by atoms with van der Waals surface area (Å²) in [6.07, 6.45) is 0. The molecule has 6 aromatic rings. The van der Waals surface area contributed by atoms with Gasteiger partial charge in [0.25, 0.3) is 0 Å². The summed E-state index contributed by atoms with van der Waals surface area (Å²) in [6, 6.07) is 36.2. The number of benzene rings is 6. The van der Waals surface area contributed by atoms with Crippen LogP contribution in [0.3, 0.4) is 0 Å². The smallest absolute Gasteiger partial charge is 0.440 e. The van der Waals surface area contributed by atoms with Crippen molar-refractivity contribution in [2.45, 2.75) is 109 Å². The zero-order valence-corrected chi connectivity index (χ0v) is 62.4. The van der Waals surface area contributed by atoms with Crippen molar-refractivity contribution in [3.8, 4) is 69.0 Å². The van der Waals surface area contributed by atoms with E-state index in [2.05, 4.69) is 95.6 Å². The molecule has 2 unspecified atom stereocenters. The van der Waals surface area contributed by atoms with Crippen molar-refractivity contribution < 1.29 is 85.0 Å². The summed E-state index contributed by atoms with van der Waals surface area (Å²) in [7, 11) is -10.1. The van der Waals surface area contributed by atoms with Crippen LogP contribution in [0.4, 0.5) is 0 Å². The van der Waals surface area contributed by atoms with Crippen molar-refractivity contribution in [2.75, 3.05) is 0 Å². The Kier molecular flexibility index (Phi) is 23.6. The molecule has 0 aliphatic carbocycles. The van der Waals surface area contributed by atoms with E-state index in [9.17, 15) is 28.8 Å². The molecular formula is C60H60Br6N3O18P3. The van der Waals surface area contributed by atoms with Crippen molar-refractivity contribution in [2.24, 2.45) is 4.52 Å². The molecule has 0 radical (unpaired) electrons. The third-order valence-electron chi connectivity index (χ3n) is 11.2. The van der Waals surface area contributed by atoms with Crippen LogP contribution >= 0.6 is 120 Å². The van der Waals surface area contributed by atoms with Crippen LogP contribution in [0.15, 0.2) is 150 Å². The number of carbonyl (C=O) groups excluding carboxylic acids is 6. The molecule has 0 saturated heterocycles. The van der Waals surface area contributed by atoms with Gasteiger partial charge in [-0.2, -0.15) is 0 Å². The van der Waals surface area contributed by atoms with E-state index >= 15 is 0 Å². The van der Waals surface area contributed by atoms with Gasteiger partial charge in [-0.05, 0) is 229 Å². The minimum Gasteiger partial charge on any atom is -0.440 e. The van der Waals surface area contributed by atoms with Gasteiger partial charge in [0, 0.05) is 9.21 Å². The number of hydrogen-bond donors (Lipinski definition) is 0.